The average Bonchev–Trinajstić information content (AvgIpc) is 2.51. The molecule has 23 heavy (non-hydrogen) atoms. The minimum Gasteiger partial charge on any atom is -0.494 e. The van der Waals surface area contributed by atoms with E-state index in [1.165, 1.54) is 12.1 Å². The number of carbonyl (C=O) groups is 1. The second-order valence-corrected chi connectivity index (χ2v) is 5.77. The number of nitrogens with two attached hydrogens (primary N) is 1. The number of alkyl halides is 3. The lowest BCUT2D eigenvalue weighted by Gasteiger charge is -2.30. The molecule has 1 atom stereocenters. The molecule has 0 bridgehead atoms. The van der Waals surface area contributed by atoms with Crippen molar-refractivity contribution in [1.82, 2.24) is 4.90 Å². The third kappa shape index (κ3) is 5.42. The maximum absolute atomic E-state index is 12.6. The summed E-state index contributed by atoms with van der Waals surface area (Å²) in [5.41, 5.74) is 4.61. The lowest BCUT2D eigenvalue weighted by molar-refractivity contribution is -0.137. The summed E-state index contributed by atoms with van der Waals surface area (Å²) in [6, 6.07) is 4.87. The molecule has 0 aromatic heterocycles. The molecule has 4 nitrogen and oxygen atoms in total. The van der Waals surface area contributed by atoms with Crippen LogP contribution in [0.15, 0.2) is 24.3 Å². The quantitative estimate of drug-likeness (QED) is 0.816. The molecule has 1 saturated heterocycles. The smallest absolute Gasteiger partial charge is 0.416 e. The Morgan fingerprint density at radius 1 is 1.39 bits per heavy atom. The van der Waals surface area contributed by atoms with Gasteiger partial charge >= 0.3 is 6.18 Å². The predicted octanol–water partition coefficient (Wildman–Crippen LogP) is 2.67. The molecule has 1 aromatic rings. The Hall–Kier alpha value is -1.76. The van der Waals surface area contributed by atoms with Crippen molar-refractivity contribution >= 4 is 5.91 Å². The van der Waals surface area contributed by atoms with Gasteiger partial charge in [0, 0.05) is 13.1 Å². The van der Waals surface area contributed by atoms with E-state index in [1.807, 2.05) is 0 Å². The Balaban J connectivity index is 1.74. The third-order valence-electron chi connectivity index (χ3n) is 3.96. The van der Waals surface area contributed by atoms with Crippen LogP contribution in [0.25, 0.3) is 0 Å². The second kappa shape index (κ2) is 7.68. The van der Waals surface area contributed by atoms with Gasteiger partial charge in [0.05, 0.1) is 18.1 Å². The minimum atomic E-state index is -4.36. The van der Waals surface area contributed by atoms with Gasteiger partial charge in [-0.1, -0.05) is 6.07 Å². The number of carbonyl (C=O) groups excluding carboxylic acids is 1. The first kappa shape index (κ1) is 17.6. The van der Waals surface area contributed by atoms with Gasteiger partial charge in [0.25, 0.3) is 0 Å². The lowest BCUT2D eigenvalue weighted by Crippen LogP contribution is -2.41. The fraction of sp³-hybridized carbons (Fsp3) is 0.562. The van der Waals surface area contributed by atoms with Crippen molar-refractivity contribution in [2.45, 2.75) is 25.4 Å². The highest BCUT2D eigenvalue weighted by atomic mass is 19.4. The number of primary amides is 1. The fourth-order valence-electron chi connectivity index (χ4n) is 2.73. The molecular formula is C16H21F3N2O2. The molecule has 1 aliphatic rings. The predicted molar refractivity (Wildman–Crippen MR) is 79.9 cm³/mol. The van der Waals surface area contributed by atoms with E-state index < -0.39 is 11.7 Å². The van der Waals surface area contributed by atoms with Gasteiger partial charge in [-0.2, -0.15) is 13.2 Å². The Kier molecular flexibility index (Phi) is 5.87. The largest absolute Gasteiger partial charge is 0.494 e. The van der Waals surface area contributed by atoms with Crippen LogP contribution in [0, 0.1) is 5.92 Å². The molecule has 7 heteroatoms. The molecule has 2 rings (SSSR count). The number of hydrogen-bond acceptors (Lipinski definition) is 3. The summed E-state index contributed by atoms with van der Waals surface area (Å²) >= 11 is 0. The topological polar surface area (TPSA) is 55.6 Å². The van der Waals surface area contributed by atoms with Crippen molar-refractivity contribution in [2.75, 3.05) is 26.2 Å². The Morgan fingerprint density at radius 2 is 2.17 bits per heavy atom. The number of piperidine rings is 1. The first-order valence-electron chi connectivity index (χ1n) is 7.68. The van der Waals surface area contributed by atoms with Gasteiger partial charge in [0.2, 0.25) is 5.91 Å². The molecule has 1 aliphatic heterocycles. The number of amides is 1. The molecule has 1 fully saturated rings. The Morgan fingerprint density at radius 3 is 2.87 bits per heavy atom. The van der Waals surface area contributed by atoms with Crippen LogP contribution in [0.1, 0.15) is 24.8 Å². The van der Waals surface area contributed by atoms with Crippen molar-refractivity contribution in [3.63, 3.8) is 0 Å². The van der Waals surface area contributed by atoms with Gasteiger partial charge in [0.15, 0.2) is 0 Å². The molecule has 2 N–H and O–H groups in total. The summed E-state index contributed by atoms with van der Waals surface area (Å²) in [6.45, 7) is 2.63. The number of benzene rings is 1. The van der Waals surface area contributed by atoms with E-state index >= 15 is 0 Å². The van der Waals surface area contributed by atoms with Crippen LogP contribution < -0.4 is 10.5 Å². The molecule has 1 unspecified atom stereocenters. The highest BCUT2D eigenvalue weighted by molar-refractivity contribution is 5.76. The average molecular weight is 330 g/mol. The van der Waals surface area contributed by atoms with Crippen LogP contribution in [-0.2, 0) is 11.0 Å². The van der Waals surface area contributed by atoms with Crippen LogP contribution in [0.3, 0.4) is 0 Å². The molecule has 0 spiro atoms. The summed E-state index contributed by atoms with van der Waals surface area (Å²) in [7, 11) is 0. The molecule has 1 heterocycles. The summed E-state index contributed by atoms with van der Waals surface area (Å²) < 4.78 is 43.2. The lowest BCUT2D eigenvalue weighted by atomic mass is 9.97. The number of halogens is 3. The van der Waals surface area contributed by atoms with Gasteiger partial charge in [-0.15, -0.1) is 0 Å². The van der Waals surface area contributed by atoms with Crippen molar-refractivity contribution in [3.05, 3.63) is 29.8 Å². The number of rotatable bonds is 6. The zero-order valence-corrected chi connectivity index (χ0v) is 12.8. The fourth-order valence-corrected chi connectivity index (χ4v) is 2.73. The molecule has 0 aliphatic carbocycles. The maximum Gasteiger partial charge on any atom is 0.416 e. The van der Waals surface area contributed by atoms with E-state index in [2.05, 4.69) is 4.90 Å². The van der Waals surface area contributed by atoms with Crippen LogP contribution in [0.5, 0.6) is 5.75 Å². The van der Waals surface area contributed by atoms with E-state index in [0.29, 0.717) is 19.6 Å². The zero-order chi connectivity index (χ0) is 16.9. The maximum atomic E-state index is 12.6. The first-order chi connectivity index (χ1) is 10.9. The normalized spacial score (nSPS) is 19.5. The van der Waals surface area contributed by atoms with Gasteiger partial charge in [-0.3, -0.25) is 4.79 Å². The van der Waals surface area contributed by atoms with Crippen LogP contribution in [0.2, 0.25) is 0 Å². The van der Waals surface area contributed by atoms with Crippen LogP contribution in [0.4, 0.5) is 13.2 Å². The summed E-state index contributed by atoms with van der Waals surface area (Å²) in [5, 5.41) is 0. The van der Waals surface area contributed by atoms with Crippen molar-refractivity contribution in [2.24, 2.45) is 11.7 Å². The minimum absolute atomic E-state index is 0.104. The summed E-state index contributed by atoms with van der Waals surface area (Å²) in [4.78, 5) is 13.4. The SMILES string of the molecule is NC(=O)C1CCCN(CCCOc2cccc(C(F)(F)F)c2)C1. The van der Waals surface area contributed by atoms with Gasteiger partial charge in [-0.25, -0.2) is 0 Å². The molecule has 128 valence electrons. The van der Waals surface area contributed by atoms with E-state index in [9.17, 15) is 18.0 Å². The second-order valence-electron chi connectivity index (χ2n) is 5.77. The van der Waals surface area contributed by atoms with E-state index in [1.54, 1.807) is 0 Å². The van der Waals surface area contributed by atoms with Crippen molar-refractivity contribution < 1.29 is 22.7 Å². The summed E-state index contributed by atoms with van der Waals surface area (Å²) in [5.74, 6) is -0.156. The number of nitrogens with zero attached hydrogens (tertiary/aromatic N) is 1. The Bertz CT molecular complexity index is 534. The number of likely N-dealkylation sites (tertiary alicyclic amines) is 1. The third-order valence-corrected chi connectivity index (χ3v) is 3.96. The molecule has 1 aromatic carbocycles. The van der Waals surface area contributed by atoms with Crippen molar-refractivity contribution in [3.8, 4) is 5.75 Å². The van der Waals surface area contributed by atoms with E-state index in [0.717, 1.165) is 38.1 Å². The monoisotopic (exact) mass is 330 g/mol. The van der Waals surface area contributed by atoms with Gasteiger partial charge < -0.3 is 15.4 Å². The van der Waals surface area contributed by atoms with Crippen LogP contribution in [-0.4, -0.2) is 37.0 Å². The van der Waals surface area contributed by atoms with Crippen molar-refractivity contribution in [1.29, 1.82) is 0 Å². The first-order valence-corrected chi connectivity index (χ1v) is 7.68. The zero-order valence-electron chi connectivity index (χ0n) is 12.8. The molecule has 0 saturated carbocycles. The number of hydrogen-bond donors (Lipinski definition) is 1. The standard InChI is InChI=1S/C16H21F3N2O2/c17-16(18,19)13-5-1-6-14(10-13)23-9-3-8-21-7-2-4-12(11-21)15(20)22/h1,5-6,10,12H,2-4,7-9,11H2,(H2,20,22). The Labute approximate surface area is 133 Å². The van der Waals surface area contributed by atoms with E-state index in [4.69, 9.17) is 10.5 Å². The number of ether oxygens (including phenoxy) is 1. The van der Waals surface area contributed by atoms with E-state index in [-0.39, 0.29) is 17.6 Å². The molecule has 0 radical (unpaired) electrons. The summed E-state index contributed by atoms with van der Waals surface area (Å²) in [6.07, 6.45) is -1.92. The van der Waals surface area contributed by atoms with Gasteiger partial charge in [-0.05, 0) is 44.0 Å². The van der Waals surface area contributed by atoms with Gasteiger partial charge in [0.1, 0.15) is 5.75 Å². The highest BCUT2D eigenvalue weighted by Crippen LogP contribution is 2.31. The molecular weight excluding hydrogens is 309 g/mol. The molecule has 1 amide bonds. The highest BCUT2D eigenvalue weighted by Gasteiger charge is 2.30. The van der Waals surface area contributed by atoms with Crippen LogP contribution >= 0.6 is 0 Å².